The third-order valence-corrected chi connectivity index (χ3v) is 3.36. The predicted molar refractivity (Wildman–Crippen MR) is 91.4 cm³/mol. The molecule has 0 aliphatic rings. The first-order valence-electron chi connectivity index (χ1n) is 6.93. The zero-order valence-corrected chi connectivity index (χ0v) is 14.2. The lowest BCUT2D eigenvalue weighted by Gasteiger charge is -2.07. The van der Waals surface area contributed by atoms with E-state index in [1.54, 1.807) is 31.2 Å². The summed E-state index contributed by atoms with van der Waals surface area (Å²) in [5.74, 6) is 0.614. The SMILES string of the molecule is Cc1noc(Cl)c1CCC(=O)Nc1ccc(OCCN)cc1.Cl. The average Bonchev–Trinajstić information content (AvgIpc) is 2.83. The highest BCUT2D eigenvalue weighted by Gasteiger charge is 2.12. The Labute approximate surface area is 145 Å². The van der Waals surface area contributed by atoms with Crippen LogP contribution in [0.1, 0.15) is 17.7 Å². The van der Waals surface area contributed by atoms with Gasteiger partial charge in [0.15, 0.2) is 0 Å². The number of ether oxygens (including phenoxy) is 1. The Hall–Kier alpha value is -1.76. The molecule has 1 aromatic heterocycles. The Kier molecular flexibility index (Phi) is 7.88. The summed E-state index contributed by atoms with van der Waals surface area (Å²) < 4.78 is 10.2. The summed E-state index contributed by atoms with van der Waals surface area (Å²) in [6, 6.07) is 7.13. The van der Waals surface area contributed by atoms with E-state index in [0.29, 0.717) is 37.4 Å². The van der Waals surface area contributed by atoms with Crippen molar-refractivity contribution in [3.8, 4) is 5.75 Å². The Bertz CT molecular complexity index is 610. The van der Waals surface area contributed by atoms with Gasteiger partial charge >= 0.3 is 0 Å². The second-order valence-electron chi connectivity index (χ2n) is 4.73. The van der Waals surface area contributed by atoms with E-state index < -0.39 is 0 Å². The van der Waals surface area contributed by atoms with E-state index in [9.17, 15) is 4.79 Å². The van der Waals surface area contributed by atoms with Gasteiger partial charge in [-0.15, -0.1) is 12.4 Å². The minimum absolute atomic E-state index is 0. The molecule has 0 atom stereocenters. The van der Waals surface area contributed by atoms with Crippen molar-refractivity contribution >= 4 is 35.6 Å². The van der Waals surface area contributed by atoms with Crippen LogP contribution in [0.25, 0.3) is 0 Å². The number of aromatic nitrogens is 1. The number of hydrogen-bond donors (Lipinski definition) is 2. The molecular weight excluding hydrogens is 341 g/mol. The third kappa shape index (κ3) is 5.74. The molecule has 1 aromatic carbocycles. The summed E-state index contributed by atoms with van der Waals surface area (Å²) in [6.45, 7) is 2.72. The van der Waals surface area contributed by atoms with Gasteiger partial charge in [-0.3, -0.25) is 4.79 Å². The standard InChI is InChI=1S/C15H18ClN3O3.ClH/c1-10-13(15(16)22-19-10)6-7-14(20)18-11-2-4-12(5-3-11)21-9-8-17;/h2-5H,6-9,17H2,1H3,(H,18,20);1H. The van der Waals surface area contributed by atoms with Crippen molar-refractivity contribution in [1.29, 1.82) is 0 Å². The van der Waals surface area contributed by atoms with E-state index >= 15 is 0 Å². The lowest BCUT2D eigenvalue weighted by molar-refractivity contribution is -0.116. The summed E-state index contributed by atoms with van der Waals surface area (Å²) in [6.07, 6.45) is 0.783. The number of anilines is 1. The highest BCUT2D eigenvalue weighted by Crippen LogP contribution is 2.21. The molecule has 0 radical (unpaired) electrons. The predicted octanol–water partition coefficient (Wildman–Crippen LogP) is 2.97. The van der Waals surface area contributed by atoms with Crippen LogP contribution < -0.4 is 15.8 Å². The van der Waals surface area contributed by atoms with E-state index in [0.717, 1.165) is 11.3 Å². The minimum atomic E-state index is -0.104. The van der Waals surface area contributed by atoms with Crippen LogP contribution in [0.5, 0.6) is 5.75 Å². The number of nitrogens with one attached hydrogen (secondary N) is 1. The molecular formula is C15H19Cl2N3O3. The number of amides is 1. The molecule has 2 aromatic rings. The summed E-state index contributed by atoms with van der Waals surface area (Å²) >= 11 is 5.86. The van der Waals surface area contributed by atoms with Gasteiger partial charge < -0.3 is 20.3 Å². The minimum Gasteiger partial charge on any atom is -0.492 e. The fourth-order valence-electron chi connectivity index (χ4n) is 1.91. The average molecular weight is 360 g/mol. The van der Waals surface area contributed by atoms with Crippen LogP contribution in [0.4, 0.5) is 5.69 Å². The molecule has 0 bridgehead atoms. The van der Waals surface area contributed by atoms with Crippen molar-refractivity contribution in [2.45, 2.75) is 19.8 Å². The Morgan fingerprint density at radius 2 is 2.09 bits per heavy atom. The number of rotatable bonds is 7. The van der Waals surface area contributed by atoms with E-state index in [1.807, 2.05) is 0 Å². The number of halogens is 2. The molecule has 126 valence electrons. The van der Waals surface area contributed by atoms with Crippen molar-refractivity contribution in [1.82, 2.24) is 5.16 Å². The molecule has 0 aliphatic carbocycles. The van der Waals surface area contributed by atoms with Gasteiger partial charge in [-0.25, -0.2) is 0 Å². The van der Waals surface area contributed by atoms with Crippen LogP contribution in [0.3, 0.4) is 0 Å². The zero-order valence-electron chi connectivity index (χ0n) is 12.7. The summed E-state index contributed by atoms with van der Waals surface area (Å²) in [7, 11) is 0. The van der Waals surface area contributed by atoms with E-state index in [-0.39, 0.29) is 23.5 Å². The molecule has 3 N–H and O–H groups in total. The van der Waals surface area contributed by atoms with Crippen LogP contribution >= 0.6 is 24.0 Å². The van der Waals surface area contributed by atoms with Gasteiger partial charge in [0.2, 0.25) is 11.1 Å². The number of carbonyl (C=O) groups is 1. The molecule has 2 rings (SSSR count). The number of hydrogen-bond acceptors (Lipinski definition) is 5. The van der Waals surface area contributed by atoms with Gasteiger partial charge in [-0.1, -0.05) is 5.16 Å². The van der Waals surface area contributed by atoms with Crippen LogP contribution in [-0.4, -0.2) is 24.2 Å². The Balaban J connectivity index is 0.00000264. The molecule has 1 heterocycles. The maximum atomic E-state index is 11.9. The molecule has 1 amide bonds. The van der Waals surface area contributed by atoms with Crippen molar-refractivity contribution in [3.63, 3.8) is 0 Å². The van der Waals surface area contributed by atoms with Gasteiger partial charge in [0, 0.05) is 24.2 Å². The molecule has 0 aliphatic heterocycles. The van der Waals surface area contributed by atoms with Crippen LogP contribution in [0.15, 0.2) is 28.8 Å². The van der Waals surface area contributed by atoms with Crippen LogP contribution in [0, 0.1) is 6.92 Å². The quantitative estimate of drug-likeness (QED) is 0.792. The smallest absolute Gasteiger partial charge is 0.229 e. The fourth-order valence-corrected chi connectivity index (χ4v) is 2.18. The van der Waals surface area contributed by atoms with E-state index in [4.69, 9.17) is 26.6 Å². The summed E-state index contributed by atoms with van der Waals surface area (Å²) in [5.41, 5.74) is 7.54. The lowest BCUT2D eigenvalue weighted by Crippen LogP contribution is -2.13. The van der Waals surface area contributed by atoms with Gasteiger partial charge in [0.05, 0.1) is 5.69 Å². The highest BCUT2D eigenvalue weighted by atomic mass is 35.5. The van der Waals surface area contributed by atoms with Crippen molar-refractivity contribution in [2.75, 3.05) is 18.5 Å². The maximum absolute atomic E-state index is 11.9. The van der Waals surface area contributed by atoms with E-state index in [2.05, 4.69) is 10.5 Å². The highest BCUT2D eigenvalue weighted by molar-refractivity contribution is 6.29. The first-order chi connectivity index (χ1) is 10.6. The number of nitrogens with two attached hydrogens (primary N) is 1. The molecule has 0 saturated heterocycles. The van der Waals surface area contributed by atoms with Crippen LogP contribution in [0.2, 0.25) is 5.22 Å². The monoisotopic (exact) mass is 359 g/mol. The topological polar surface area (TPSA) is 90.4 Å². The maximum Gasteiger partial charge on any atom is 0.229 e. The summed E-state index contributed by atoms with van der Waals surface area (Å²) in [5, 5.41) is 6.81. The lowest BCUT2D eigenvalue weighted by atomic mass is 10.1. The number of nitrogens with zero attached hydrogens (tertiary/aromatic N) is 1. The van der Waals surface area contributed by atoms with Gasteiger partial charge in [0.25, 0.3) is 0 Å². The second-order valence-corrected chi connectivity index (χ2v) is 5.07. The third-order valence-electron chi connectivity index (χ3n) is 3.06. The molecule has 0 unspecified atom stereocenters. The zero-order chi connectivity index (χ0) is 15.9. The van der Waals surface area contributed by atoms with Crippen molar-refractivity contribution < 1.29 is 14.1 Å². The Morgan fingerprint density at radius 1 is 1.39 bits per heavy atom. The second kappa shape index (κ2) is 9.39. The normalized spacial score (nSPS) is 10.0. The van der Waals surface area contributed by atoms with Gasteiger partial charge in [0.1, 0.15) is 12.4 Å². The molecule has 0 spiro atoms. The van der Waals surface area contributed by atoms with E-state index in [1.165, 1.54) is 0 Å². The van der Waals surface area contributed by atoms with Crippen molar-refractivity contribution in [2.24, 2.45) is 5.73 Å². The molecule has 0 fully saturated rings. The number of benzene rings is 1. The van der Waals surface area contributed by atoms with Gasteiger partial charge in [-0.05, 0) is 49.2 Å². The molecule has 0 saturated carbocycles. The molecule has 23 heavy (non-hydrogen) atoms. The Morgan fingerprint density at radius 3 is 2.65 bits per heavy atom. The molecule has 8 heteroatoms. The first kappa shape index (κ1) is 19.3. The fraction of sp³-hybridized carbons (Fsp3) is 0.333. The molecule has 6 nitrogen and oxygen atoms in total. The number of carbonyl (C=O) groups excluding carboxylic acids is 1. The largest absolute Gasteiger partial charge is 0.492 e. The van der Waals surface area contributed by atoms with Gasteiger partial charge in [-0.2, -0.15) is 0 Å². The van der Waals surface area contributed by atoms with Crippen LogP contribution in [-0.2, 0) is 11.2 Å². The first-order valence-corrected chi connectivity index (χ1v) is 7.31. The summed E-state index contributed by atoms with van der Waals surface area (Å²) in [4.78, 5) is 11.9. The number of aryl methyl sites for hydroxylation is 1. The van der Waals surface area contributed by atoms with Crippen molar-refractivity contribution in [3.05, 3.63) is 40.7 Å².